The number of carbonyl (C=O) groups is 1. The van der Waals surface area contributed by atoms with Crippen molar-refractivity contribution in [3.8, 4) is 0 Å². The summed E-state index contributed by atoms with van der Waals surface area (Å²) in [7, 11) is 0. The summed E-state index contributed by atoms with van der Waals surface area (Å²) in [6.07, 6.45) is 1.14. The highest BCUT2D eigenvalue weighted by atomic mass is 79.9. The molecule has 0 aliphatic carbocycles. The summed E-state index contributed by atoms with van der Waals surface area (Å²) in [6, 6.07) is 0. The van der Waals surface area contributed by atoms with Crippen molar-refractivity contribution >= 4 is 33.4 Å². The van der Waals surface area contributed by atoms with Gasteiger partial charge in [0.2, 0.25) is 0 Å². The van der Waals surface area contributed by atoms with Crippen LogP contribution in [-0.2, 0) is 10.7 Å². The van der Waals surface area contributed by atoms with E-state index in [4.69, 9.17) is 5.11 Å². The highest BCUT2D eigenvalue weighted by Gasteiger charge is 2.44. The molecule has 66 valence electrons. The van der Waals surface area contributed by atoms with Crippen LogP contribution in [0.2, 0.25) is 0 Å². The second-order valence-electron chi connectivity index (χ2n) is 1.88. The van der Waals surface area contributed by atoms with E-state index in [1.54, 1.807) is 0 Å². The molecule has 0 aliphatic rings. The molecule has 3 nitrogen and oxygen atoms in total. The zero-order chi connectivity index (χ0) is 9.35. The molecule has 0 saturated heterocycles. The fourth-order valence-electron chi connectivity index (χ4n) is 0.532. The molecule has 7 heteroatoms. The van der Waals surface area contributed by atoms with E-state index >= 15 is 0 Å². The Morgan fingerprint density at radius 1 is 1.75 bits per heavy atom. The van der Waals surface area contributed by atoms with Gasteiger partial charge in [0.15, 0.2) is 0 Å². The van der Waals surface area contributed by atoms with Gasteiger partial charge in [-0.05, 0) is 27.5 Å². The summed E-state index contributed by atoms with van der Waals surface area (Å²) in [5, 5.41) is 8.15. The van der Waals surface area contributed by atoms with Gasteiger partial charge in [-0.1, -0.05) is 0 Å². The molecule has 0 saturated carbocycles. The van der Waals surface area contributed by atoms with Crippen molar-refractivity contribution in [1.82, 2.24) is 4.37 Å². The first-order chi connectivity index (χ1) is 5.46. The molecule has 0 unspecified atom stereocenters. The minimum Gasteiger partial charge on any atom is -0.477 e. The molecule has 0 atom stereocenters. The van der Waals surface area contributed by atoms with Crippen molar-refractivity contribution in [3.63, 3.8) is 0 Å². The molecular formula is C5H2BrF2NO2S. The molecule has 1 aromatic heterocycles. The third kappa shape index (κ3) is 1.46. The lowest BCUT2D eigenvalue weighted by Crippen LogP contribution is -2.24. The Morgan fingerprint density at radius 3 is 2.67 bits per heavy atom. The third-order valence-corrected chi connectivity index (χ3v) is 2.81. The normalized spacial score (nSPS) is 11.6. The number of hydrogen-bond donors (Lipinski definition) is 1. The molecule has 12 heavy (non-hydrogen) atoms. The molecule has 0 spiro atoms. The van der Waals surface area contributed by atoms with Gasteiger partial charge < -0.3 is 5.11 Å². The molecule has 0 amide bonds. The van der Waals surface area contributed by atoms with Crippen LogP contribution in [0.15, 0.2) is 10.7 Å². The number of rotatable bonds is 2. The quantitative estimate of drug-likeness (QED) is 0.883. The molecule has 1 N–H and O–H groups in total. The second-order valence-corrected chi connectivity index (χ2v) is 3.54. The highest BCUT2D eigenvalue weighted by Crippen LogP contribution is 2.36. The van der Waals surface area contributed by atoms with E-state index in [0.717, 1.165) is 6.20 Å². The van der Waals surface area contributed by atoms with Crippen LogP contribution in [0.1, 0.15) is 4.88 Å². The van der Waals surface area contributed by atoms with Crippen molar-refractivity contribution < 1.29 is 18.7 Å². The van der Waals surface area contributed by atoms with Crippen LogP contribution < -0.4 is 0 Å². The minimum absolute atomic E-state index is 0.0138. The molecule has 1 rings (SSSR count). The molecular weight excluding hydrogens is 256 g/mol. The predicted molar refractivity (Wildman–Crippen MR) is 41.3 cm³/mol. The van der Waals surface area contributed by atoms with Gasteiger partial charge in [0.05, 0.1) is 10.7 Å². The standard InChI is InChI=1S/C5H2BrF2NO2S/c6-2-1-9-12-3(2)5(7,8)4(10)11/h1H,(H,10,11). The van der Waals surface area contributed by atoms with Gasteiger partial charge in [-0.15, -0.1) is 0 Å². The smallest absolute Gasteiger partial charge is 0.380 e. The zero-order valence-electron chi connectivity index (χ0n) is 5.42. The number of carboxylic acids is 1. The highest BCUT2D eigenvalue weighted by molar-refractivity contribution is 9.10. The summed E-state index contributed by atoms with van der Waals surface area (Å²) < 4.78 is 28.9. The number of nitrogens with zero attached hydrogens (tertiary/aromatic N) is 1. The molecule has 0 fully saturated rings. The number of aliphatic carboxylic acids is 1. The maximum absolute atomic E-state index is 12.7. The summed E-state index contributed by atoms with van der Waals surface area (Å²) in [6.45, 7) is 0. The average molecular weight is 258 g/mol. The van der Waals surface area contributed by atoms with E-state index in [1.807, 2.05) is 0 Å². The number of carboxylic acid groups (broad SMARTS) is 1. The summed E-state index contributed by atoms with van der Waals surface area (Å²) in [5.41, 5.74) is 0. The lowest BCUT2D eigenvalue weighted by Gasteiger charge is -2.07. The monoisotopic (exact) mass is 257 g/mol. The van der Waals surface area contributed by atoms with Gasteiger partial charge in [0.1, 0.15) is 4.88 Å². The summed E-state index contributed by atoms with van der Waals surface area (Å²) in [5.74, 6) is -6.03. The van der Waals surface area contributed by atoms with Gasteiger partial charge >= 0.3 is 11.9 Å². The Bertz CT molecular complexity index is 314. The predicted octanol–water partition coefficient (Wildman–Crippen LogP) is 2.08. The van der Waals surface area contributed by atoms with Crippen LogP contribution in [0.3, 0.4) is 0 Å². The number of halogens is 3. The fraction of sp³-hybridized carbons (Fsp3) is 0.200. The lowest BCUT2D eigenvalue weighted by molar-refractivity contribution is -0.165. The number of aromatic nitrogens is 1. The average Bonchev–Trinajstić information content (AvgIpc) is 2.35. The van der Waals surface area contributed by atoms with Crippen molar-refractivity contribution in [1.29, 1.82) is 0 Å². The Balaban J connectivity index is 3.13. The maximum atomic E-state index is 12.7. The van der Waals surface area contributed by atoms with Gasteiger partial charge in [-0.3, -0.25) is 0 Å². The van der Waals surface area contributed by atoms with Crippen LogP contribution in [0.4, 0.5) is 8.78 Å². The molecule has 0 radical (unpaired) electrons. The topological polar surface area (TPSA) is 50.2 Å². The van der Waals surface area contributed by atoms with E-state index in [1.165, 1.54) is 0 Å². The van der Waals surface area contributed by atoms with Crippen molar-refractivity contribution in [3.05, 3.63) is 15.5 Å². The Labute approximate surface area is 78.3 Å². The van der Waals surface area contributed by atoms with Gasteiger partial charge in [-0.2, -0.15) is 13.2 Å². The molecule has 1 aromatic rings. The second kappa shape index (κ2) is 3.06. The Hall–Kier alpha value is -0.560. The minimum atomic E-state index is -3.86. The summed E-state index contributed by atoms with van der Waals surface area (Å²) in [4.78, 5) is 9.49. The fourth-order valence-corrected chi connectivity index (χ4v) is 1.84. The number of hydrogen-bond acceptors (Lipinski definition) is 3. The third-order valence-electron chi connectivity index (χ3n) is 1.08. The number of alkyl halides is 2. The molecule has 0 bridgehead atoms. The first kappa shape index (κ1) is 9.53. The van der Waals surface area contributed by atoms with Gasteiger partial charge in [0.25, 0.3) is 0 Å². The first-order valence-corrected chi connectivity index (χ1v) is 4.24. The SMILES string of the molecule is O=C(O)C(F)(F)c1sncc1Br. The molecule has 0 aromatic carbocycles. The molecule has 1 heterocycles. The maximum Gasteiger partial charge on any atom is 0.380 e. The van der Waals surface area contributed by atoms with Crippen LogP contribution in [0.5, 0.6) is 0 Å². The van der Waals surface area contributed by atoms with Gasteiger partial charge in [0, 0.05) is 0 Å². The molecule has 0 aliphatic heterocycles. The Morgan fingerprint density at radius 2 is 2.33 bits per heavy atom. The van der Waals surface area contributed by atoms with Crippen molar-refractivity contribution in [2.24, 2.45) is 0 Å². The van der Waals surface area contributed by atoms with E-state index in [0.29, 0.717) is 11.5 Å². The van der Waals surface area contributed by atoms with E-state index < -0.39 is 16.8 Å². The summed E-state index contributed by atoms with van der Waals surface area (Å²) >= 11 is 3.23. The van der Waals surface area contributed by atoms with E-state index in [-0.39, 0.29) is 4.47 Å². The van der Waals surface area contributed by atoms with Gasteiger partial charge in [-0.25, -0.2) is 4.79 Å². The van der Waals surface area contributed by atoms with Crippen LogP contribution in [-0.4, -0.2) is 15.4 Å². The zero-order valence-corrected chi connectivity index (χ0v) is 7.82. The van der Waals surface area contributed by atoms with Crippen LogP contribution in [0, 0.1) is 0 Å². The van der Waals surface area contributed by atoms with E-state index in [2.05, 4.69) is 20.3 Å². The van der Waals surface area contributed by atoms with E-state index in [9.17, 15) is 13.6 Å². The Kier molecular flexibility index (Phi) is 2.43. The van der Waals surface area contributed by atoms with Crippen molar-refractivity contribution in [2.75, 3.05) is 0 Å². The van der Waals surface area contributed by atoms with Crippen LogP contribution in [0.25, 0.3) is 0 Å². The van der Waals surface area contributed by atoms with Crippen molar-refractivity contribution in [2.45, 2.75) is 5.92 Å². The lowest BCUT2D eigenvalue weighted by atomic mass is 10.3. The van der Waals surface area contributed by atoms with Crippen LogP contribution >= 0.6 is 27.5 Å². The largest absolute Gasteiger partial charge is 0.477 e. The first-order valence-electron chi connectivity index (χ1n) is 2.68.